The highest BCUT2D eigenvalue weighted by Crippen LogP contribution is 2.41. The number of nitrogens with two attached hydrogens (primary N) is 2. The minimum absolute atomic E-state index is 0.0345. The summed E-state index contributed by atoms with van der Waals surface area (Å²) in [5.74, 6) is -4.82. The number of halogens is 3. The molecule has 3 rings (SSSR count). The molecule has 3 aromatic rings. The van der Waals surface area contributed by atoms with Crippen LogP contribution in [0, 0.1) is 5.82 Å². The van der Waals surface area contributed by atoms with Crippen molar-refractivity contribution in [2.45, 2.75) is 39.0 Å². The Bertz CT molecular complexity index is 1140. The van der Waals surface area contributed by atoms with Crippen molar-refractivity contribution in [3.05, 3.63) is 64.2 Å². The monoisotopic (exact) mass is 433 g/mol. The molecule has 0 fully saturated rings. The van der Waals surface area contributed by atoms with Gasteiger partial charge in [0.15, 0.2) is 5.82 Å². The fourth-order valence-corrected chi connectivity index (χ4v) is 3.77. The SMILES string of the molecule is C/C(N)=C/C(N)=Nc1nc(C(F)(F)c2ccc(F)cc2)nc2cc(C(C)(C)C)sc12. The highest BCUT2D eigenvalue weighted by atomic mass is 32.1. The van der Waals surface area contributed by atoms with Gasteiger partial charge in [-0.1, -0.05) is 20.8 Å². The van der Waals surface area contributed by atoms with E-state index in [0.29, 0.717) is 15.9 Å². The predicted octanol–water partition coefficient (Wildman–Crippen LogP) is 5.12. The number of hydrogen-bond acceptors (Lipinski definition) is 5. The Balaban J connectivity index is 2.25. The Morgan fingerprint density at radius 2 is 1.73 bits per heavy atom. The maximum absolute atomic E-state index is 15.2. The summed E-state index contributed by atoms with van der Waals surface area (Å²) in [7, 11) is 0. The normalized spacial score (nSPS) is 13.8. The van der Waals surface area contributed by atoms with E-state index in [4.69, 9.17) is 11.5 Å². The van der Waals surface area contributed by atoms with Crippen LogP contribution in [0.1, 0.15) is 44.0 Å². The predicted molar refractivity (Wildman–Crippen MR) is 115 cm³/mol. The third-order valence-corrected chi connectivity index (χ3v) is 5.74. The molecule has 0 saturated carbocycles. The highest BCUT2D eigenvalue weighted by molar-refractivity contribution is 7.19. The number of aliphatic imine (C=N–C) groups is 1. The van der Waals surface area contributed by atoms with Gasteiger partial charge in [-0.3, -0.25) is 0 Å². The number of thiophene rings is 1. The lowest BCUT2D eigenvalue weighted by Gasteiger charge is -2.15. The summed E-state index contributed by atoms with van der Waals surface area (Å²) >= 11 is 1.37. The van der Waals surface area contributed by atoms with Gasteiger partial charge in [0.2, 0.25) is 5.82 Å². The van der Waals surface area contributed by atoms with Gasteiger partial charge in [0.25, 0.3) is 0 Å². The summed E-state index contributed by atoms with van der Waals surface area (Å²) in [6.07, 6.45) is 1.42. The zero-order chi connectivity index (χ0) is 22.3. The van der Waals surface area contributed by atoms with E-state index in [1.807, 2.05) is 20.8 Å². The Kier molecular flexibility index (Phi) is 5.60. The molecule has 0 aliphatic rings. The molecule has 0 unspecified atom stereocenters. The highest BCUT2D eigenvalue weighted by Gasteiger charge is 2.38. The van der Waals surface area contributed by atoms with E-state index in [9.17, 15) is 4.39 Å². The lowest BCUT2D eigenvalue weighted by Crippen LogP contribution is -2.19. The van der Waals surface area contributed by atoms with Crippen LogP contribution in [0.5, 0.6) is 0 Å². The van der Waals surface area contributed by atoms with E-state index >= 15 is 8.78 Å². The van der Waals surface area contributed by atoms with Gasteiger partial charge >= 0.3 is 5.92 Å². The summed E-state index contributed by atoms with van der Waals surface area (Å²) in [6, 6.07) is 5.71. The van der Waals surface area contributed by atoms with Crippen LogP contribution in [0.3, 0.4) is 0 Å². The molecule has 0 bridgehead atoms. The molecule has 158 valence electrons. The summed E-state index contributed by atoms with van der Waals surface area (Å²) in [5, 5.41) is 0. The van der Waals surface area contributed by atoms with Crippen molar-refractivity contribution < 1.29 is 13.2 Å². The molecule has 0 radical (unpaired) electrons. The van der Waals surface area contributed by atoms with Crippen molar-refractivity contribution in [3.8, 4) is 0 Å². The van der Waals surface area contributed by atoms with Gasteiger partial charge in [-0.25, -0.2) is 19.4 Å². The summed E-state index contributed by atoms with van der Waals surface area (Å²) in [6.45, 7) is 7.67. The van der Waals surface area contributed by atoms with Crippen molar-refractivity contribution in [3.63, 3.8) is 0 Å². The second kappa shape index (κ2) is 7.71. The average molecular weight is 434 g/mol. The first kappa shape index (κ1) is 21.8. The van der Waals surface area contributed by atoms with Crippen LogP contribution in [0.4, 0.5) is 19.0 Å². The van der Waals surface area contributed by atoms with Crippen molar-refractivity contribution in [1.82, 2.24) is 9.97 Å². The standard InChI is InChI=1S/C21H22F3N5S/c1-11(25)9-16(26)28-18-17-14(10-15(30-17)20(2,3)4)27-19(29-18)21(23,24)12-5-7-13(22)8-6-12/h5-10H,25H2,1-4H3,(H2,26,27,28,29)/b11-9-. The van der Waals surface area contributed by atoms with E-state index in [1.54, 1.807) is 13.0 Å². The second-order valence-corrected chi connectivity index (χ2v) is 9.00. The molecule has 0 aliphatic heterocycles. The van der Waals surface area contributed by atoms with Gasteiger partial charge in [-0.2, -0.15) is 8.78 Å². The van der Waals surface area contributed by atoms with Crippen LogP contribution in [-0.4, -0.2) is 15.8 Å². The molecule has 0 spiro atoms. The molecule has 2 heterocycles. The minimum atomic E-state index is -3.55. The van der Waals surface area contributed by atoms with Gasteiger partial charge in [0, 0.05) is 16.1 Å². The maximum Gasteiger partial charge on any atom is 0.331 e. The van der Waals surface area contributed by atoms with Gasteiger partial charge in [0.1, 0.15) is 11.7 Å². The average Bonchev–Trinajstić information content (AvgIpc) is 3.06. The number of nitrogens with zero attached hydrogens (tertiary/aromatic N) is 3. The Morgan fingerprint density at radius 3 is 2.30 bits per heavy atom. The number of fused-ring (bicyclic) bond motifs is 1. The number of allylic oxidation sites excluding steroid dienone is 1. The van der Waals surface area contributed by atoms with E-state index < -0.39 is 23.1 Å². The third kappa shape index (κ3) is 4.46. The van der Waals surface area contributed by atoms with Crippen LogP contribution in [0.25, 0.3) is 10.2 Å². The molecule has 2 aromatic heterocycles. The molecular weight excluding hydrogens is 411 g/mol. The zero-order valence-corrected chi connectivity index (χ0v) is 17.8. The molecule has 9 heteroatoms. The maximum atomic E-state index is 15.2. The second-order valence-electron chi connectivity index (χ2n) is 7.95. The molecule has 0 aliphatic carbocycles. The number of benzene rings is 1. The smallest absolute Gasteiger partial charge is 0.331 e. The van der Waals surface area contributed by atoms with Crippen LogP contribution >= 0.6 is 11.3 Å². The summed E-state index contributed by atoms with van der Waals surface area (Å²) in [4.78, 5) is 13.3. The van der Waals surface area contributed by atoms with E-state index in [0.717, 1.165) is 29.1 Å². The third-order valence-electron chi connectivity index (χ3n) is 4.19. The van der Waals surface area contributed by atoms with Gasteiger partial charge in [0.05, 0.1) is 10.2 Å². The molecule has 0 amide bonds. The van der Waals surface area contributed by atoms with Crippen LogP contribution in [-0.2, 0) is 11.3 Å². The molecule has 1 aromatic carbocycles. The first-order valence-electron chi connectivity index (χ1n) is 9.12. The quantitative estimate of drug-likeness (QED) is 0.441. The Labute approximate surface area is 176 Å². The van der Waals surface area contributed by atoms with Gasteiger partial charge in [-0.15, -0.1) is 11.3 Å². The van der Waals surface area contributed by atoms with Crippen molar-refractivity contribution in [2.24, 2.45) is 16.5 Å². The lowest BCUT2D eigenvalue weighted by molar-refractivity contribution is 0.0332. The Hall–Kier alpha value is -2.94. The number of alkyl halides is 2. The minimum Gasteiger partial charge on any atom is -0.402 e. The molecule has 0 atom stereocenters. The topological polar surface area (TPSA) is 90.2 Å². The fraction of sp³-hybridized carbons (Fsp3) is 0.286. The van der Waals surface area contributed by atoms with E-state index in [-0.39, 0.29) is 17.1 Å². The summed E-state index contributed by atoms with van der Waals surface area (Å²) < 4.78 is 44.1. The molecule has 0 saturated heterocycles. The van der Waals surface area contributed by atoms with E-state index in [1.165, 1.54) is 17.4 Å². The van der Waals surface area contributed by atoms with Crippen LogP contribution in [0.15, 0.2) is 47.1 Å². The van der Waals surface area contributed by atoms with Crippen molar-refractivity contribution >= 4 is 33.2 Å². The number of hydrogen-bond donors (Lipinski definition) is 2. The van der Waals surface area contributed by atoms with Crippen LogP contribution < -0.4 is 11.5 Å². The summed E-state index contributed by atoms with van der Waals surface area (Å²) in [5.41, 5.74) is 11.6. The first-order chi connectivity index (χ1) is 13.9. The zero-order valence-electron chi connectivity index (χ0n) is 17.0. The number of rotatable bonds is 4. The molecule has 30 heavy (non-hydrogen) atoms. The number of amidine groups is 1. The number of aromatic nitrogens is 2. The van der Waals surface area contributed by atoms with Crippen LogP contribution in [0.2, 0.25) is 0 Å². The Morgan fingerprint density at radius 1 is 1.10 bits per heavy atom. The fourth-order valence-electron chi connectivity index (χ4n) is 2.68. The largest absolute Gasteiger partial charge is 0.402 e. The molecular formula is C21H22F3N5S. The lowest BCUT2D eigenvalue weighted by atomic mass is 9.95. The van der Waals surface area contributed by atoms with Gasteiger partial charge in [-0.05, 0) is 48.7 Å². The molecule has 5 nitrogen and oxygen atoms in total. The first-order valence-corrected chi connectivity index (χ1v) is 9.94. The van der Waals surface area contributed by atoms with Gasteiger partial charge < -0.3 is 11.5 Å². The van der Waals surface area contributed by atoms with Crippen molar-refractivity contribution in [1.29, 1.82) is 0 Å². The molecule has 4 N–H and O–H groups in total. The van der Waals surface area contributed by atoms with E-state index in [2.05, 4.69) is 15.0 Å². The van der Waals surface area contributed by atoms with Crippen molar-refractivity contribution in [2.75, 3.05) is 0 Å².